The zero-order valence-electron chi connectivity index (χ0n) is 13.6. The van der Waals surface area contributed by atoms with E-state index in [1.807, 2.05) is 4.57 Å². The van der Waals surface area contributed by atoms with E-state index in [4.69, 9.17) is 0 Å². The maximum absolute atomic E-state index is 4.58. The number of rotatable bonds is 8. The van der Waals surface area contributed by atoms with Crippen molar-refractivity contribution in [3.63, 3.8) is 0 Å². The number of halogens is 1. The highest BCUT2D eigenvalue weighted by atomic mass is 127. The second-order valence-corrected chi connectivity index (χ2v) is 4.79. The molecule has 0 aliphatic heterocycles. The molecule has 0 aliphatic rings. The molecule has 2 N–H and O–H groups in total. The number of guanidine groups is 1. The average molecular weight is 408 g/mol. The number of nitrogens with zero attached hydrogens (tertiary/aromatic N) is 4. The lowest BCUT2D eigenvalue weighted by molar-refractivity contribution is 0.481. The van der Waals surface area contributed by atoms with E-state index in [2.05, 4.69) is 53.5 Å². The minimum Gasteiger partial charge on any atom is -0.357 e. The fourth-order valence-corrected chi connectivity index (χ4v) is 1.98. The summed E-state index contributed by atoms with van der Waals surface area (Å²) in [4.78, 5) is 4.58. The Morgan fingerprint density at radius 1 is 1.24 bits per heavy atom. The van der Waals surface area contributed by atoms with Crippen LogP contribution in [-0.2, 0) is 13.1 Å². The van der Waals surface area contributed by atoms with Crippen LogP contribution in [0.3, 0.4) is 0 Å². The van der Waals surface area contributed by atoms with Crippen LogP contribution in [0.4, 0.5) is 0 Å². The second-order valence-electron chi connectivity index (χ2n) is 4.79. The molecule has 0 saturated heterocycles. The molecule has 0 atom stereocenters. The first-order valence-corrected chi connectivity index (χ1v) is 7.63. The SMILES string of the molecule is CCNC(=NCc1nncn1CC)NCC(CC)CC.I. The Morgan fingerprint density at radius 3 is 2.52 bits per heavy atom. The summed E-state index contributed by atoms with van der Waals surface area (Å²) in [6, 6.07) is 0. The fraction of sp³-hybridized carbons (Fsp3) is 0.786. The molecule has 7 heteroatoms. The standard InChI is InChI=1S/C14H28N6.HI/c1-5-12(6-2)9-16-14(15-7-3)17-10-13-19-18-11-20(13)8-4;/h11-12H,5-10H2,1-4H3,(H2,15,16,17);1H. The number of aliphatic imine (C=N–C) groups is 1. The Morgan fingerprint density at radius 2 is 1.95 bits per heavy atom. The van der Waals surface area contributed by atoms with Gasteiger partial charge in [-0.15, -0.1) is 34.2 Å². The van der Waals surface area contributed by atoms with Gasteiger partial charge in [0.25, 0.3) is 0 Å². The van der Waals surface area contributed by atoms with Crippen LogP contribution < -0.4 is 10.6 Å². The predicted molar refractivity (Wildman–Crippen MR) is 98.0 cm³/mol. The molecule has 1 aromatic heterocycles. The fourth-order valence-electron chi connectivity index (χ4n) is 1.98. The topological polar surface area (TPSA) is 67.1 Å². The summed E-state index contributed by atoms with van der Waals surface area (Å²) < 4.78 is 2.01. The lowest BCUT2D eigenvalue weighted by Crippen LogP contribution is -2.39. The highest BCUT2D eigenvalue weighted by Crippen LogP contribution is 2.05. The third kappa shape index (κ3) is 7.10. The van der Waals surface area contributed by atoms with Gasteiger partial charge >= 0.3 is 0 Å². The molecule has 0 amide bonds. The van der Waals surface area contributed by atoms with Gasteiger partial charge in [0, 0.05) is 19.6 Å². The van der Waals surface area contributed by atoms with Crippen molar-refractivity contribution in [3.05, 3.63) is 12.2 Å². The monoisotopic (exact) mass is 408 g/mol. The molecule has 0 bridgehead atoms. The maximum Gasteiger partial charge on any atom is 0.191 e. The Hall–Kier alpha value is -0.860. The molecule has 0 aromatic carbocycles. The number of hydrogen-bond donors (Lipinski definition) is 2. The van der Waals surface area contributed by atoms with Crippen LogP contribution in [0.5, 0.6) is 0 Å². The van der Waals surface area contributed by atoms with Gasteiger partial charge in [-0.05, 0) is 19.8 Å². The van der Waals surface area contributed by atoms with Crippen LogP contribution >= 0.6 is 24.0 Å². The van der Waals surface area contributed by atoms with Crippen molar-refractivity contribution in [2.45, 2.75) is 53.6 Å². The van der Waals surface area contributed by atoms with Crippen molar-refractivity contribution in [1.82, 2.24) is 25.4 Å². The average Bonchev–Trinajstić information content (AvgIpc) is 2.93. The molecule has 122 valence electrons. The van der Waals surface area contributed by atoms with Crippen LogP contribution in [-0.4, -0.2) is 33.8 Å². The van der Waals surface area contributed by atoms with Crippen molar-refractivity contribution < 1.29 is 0 Å². The first-order valence-electron chi connectivity index (χ1n) is 7.63. The Balaban J connectivity index is 0.00000400. The van der Waals surface area contributed by atoms with Gasteiger partial charge in [-0.3, -0.25) is 0 Å². The zero-order valence-corrected chi connectivity index (χ0v) is 15.9. The van der Waals surface area contributed by atoms with Gasteiger partial charge in [-0.2, -0.15) is 0 Å². The van der Waals surface area contributed by atoms with Crippen molar-refractivity contribution in [2.24, 2.45) is 10.9 Å². The van der Waals surface area contributed by atoms with Crippen molar-refractivity contribution in [3.8, 4) is 0 Å². The van der Waals surface area contributed by atoms with E-state index in [9.17, 15) is 0 Å². The summed E-state index contributed by atoms with van der Waals surface area (Å²) >= 11 is 0. The normalized spacial score (nSPS) is 11.4. The molecule has 0 spiro atoms. The molecule has 21 heavy (non-hydrogen) atoms. The molecular formula is C14H29IN6. The van der Waals surface area contributed by atoms with Crippen LogP contribution in [0.2, 0.25) is 0 Å². The quantitative estimate of drug-likeness (QED) is 0.394. The van der Waals surface area contributed by atoms with Gasteiger partial charge in [-0.1, -0.05) is 26.7 Å². The van der Waals surface area contributed by atoms with Crippen LogP contribution in [0.1, 0.15) is 46.4 Å². The summed E-state index contributed by atoms with van der Waals surface area (Å²) in [6.07, 6.45) is 4.12. The van der Waals surface area contributed by atoms with Gasteiger partial charge in [0.05, 0.1) is 0 Å². The first kappa shape index (κ1) is 20.1. The van der Waals surface area contributed by atoms with Crippen molar-refractivity contribution >= 4 is 29.9 Å². The Labute approximate surface area is 145 Å². The summed E-state index contributed by atoms with van der Waals surface area (Å²) in [5.41, 5.74) is 0. The highest BCUT2D eigenvalue weighted by Gasteiger charge is 2.06. The molecule has 6 nitrogen and oxygen atoms in total. The third-order valence-corrected chi connectivity index (χ3v) is 3.47. The molecule has 1 heterocycles. The number of aryl methyl sites for hydroxylation is 1. The lowest BCUT2D eigenvalue weighted by Gasteiger charge is -2.16. The van der Waals surface area contributed by atoms with Crippen molar-refractivity contribution in [1.29, 1.82) is 0 Å². The summed E-state index contributed by atoms with van der Waals surface area (Å²) in [6.45, 7) is 11.8. The largest absolute Gasteiger partial charge is 0.357 e. The van der Waals surface area contributed by atoms with E-state index < -0.39 is 0 Å². The Kier molecular flexibility index (Phi) is 11.3. The molecule has 0 radical (unpaired) electrons. The predicted octanol–water partition coefficient (Wildman–Crippen LogP) is 2.41. The van der Waals surface area contributed by atoms with Gasteiger partial charge in [0.1, 0.15) is 12.9 Å². The highest BCUT2D eigenvalue weighted by molar-refractivity contribution is 14.0. The van der Waals surface area contributed by atoms with Crippen LogP contribution in [0.15, 0.2) is 11.3 Å². The lowest BCUT2D eigenvalue weighted by atomic mass is 10.0. The van der Waals surface area contributed by atoms with Gasteiger partial charge in [0.2, 0.25) is 0 Å². The molecule has 1 aromatic rings. The summed E-state index contributed by atoms with van der Waals surface area (Å²) in [5.74, 6) is 2.44. The van der Waals surface area contributed by atoms with Gasteiger partial charge in [0.15, 0.2) is 11.8 Å². The van der Waals surface area contributed by atoms with E-state index in [1.54, 1.807) is 6.33 Å². The minimum absolute atomic E-state index is 0. The van der Waals surface area contributed by atoms with Crippen molar-refractivity contribution in [2.75, 3.05) is 13.1 Å². The third-order valence-electron chi connectivity index (χ3n) is 3.47. The number of hydrogen-bond acceptors (Lipinski definition) is 3. The van der Waals surface area contributed by atoms with E-state index >= 15 is 0 Å². The van der Waals surface area contributed by atoms with E-state index in [1.165, 1.54) is 12.8 Å². The Bertz CT molecular complexity index is 400. The van der Waals surface area contributed by atoms with Crippen LogP contribution in [0.25, 0.3) is 0 Å². The van der Waals surface area contributed by atoms with E-state index in [0.29, 0.717) is 12.5 Å². The molecule has 0 unspecified atom stereocenters. The summed E-state index contributed by atoms with van der Waals surface area (Å²) in [7, 11) is 0. The number of nitrogens with one attached hydrogen (secondary N) is 2. The molecular weight excluding hydrogens is 379 g/mol. The molecule has 1 rings (SSSR count). The van der Waals surface area contributed by atoms with E-state index in [0.717, 1.165) is 31.4 Å². The molecule has 0 fully saturated rings. The first-order chi connectivity index (χ1) is 9.74. The van der Waals surface area contributed by atoms with Crippen LogP contribution in [0, 0.1) is 5.92 Å². The number of aromatic nitrogens is 3. The second kappa shape index (κ2) is 11.8. The maximum atomic E-state index is 4.58. The smallest absolute Gasteiger partial charge is 0.191 e. The zero-order chi connectivity index (χ0) is 14.8. The van der Waals surface area contributed by atoms with Gasteiger partial charge < -0.3 is 15.2 Å². The minimum atomic E-state index is 0. The molecule has 0 saturated carbocycles. The molecule has 0 aliphatic carbocycles. The van der Waals surface area contributed by atoms with Gasteiger partial charge in [-0.25, -0.2) is 4.99 Å². The van der Waals surface area contributed by atoms with E-state index in [-0.39, 0.29) is 24.0 Å². The summed E-state index contributed by atoms with van der Waals surface area (Å²) in [5, 5.41) is 14.7.